The van der Waals surface area contributed by atoms with Crippen LogP contribution in [-0.2, 0) is 112 Å². The molecule has 3 aliphatic heterocycles. The minimum atomic E-state index is -1.72. The largest absolute Gasteiger partial charge is 0.508 e. The van der Waals surface area contributed by atoms with Crippen molar-refractivity contribution < 1.29 is 107 Å². The van der Waals surface area contributed by atoms with Gasteiger partial charge < -0.3 is 114 Å². The van der Waals surface area contributed by atoms with E-state index in [1.807, 2.05) is 27.7 Å². The number of carbonyl (C=O) groups excluding carboxylic acids is 16. The van der Waals surface area contributed by atoms with Crippen LogP contribution in [0.3, 0.4) is 0 Å². The maximum Gasteiger partial charge on any atom is 0.323 e. The quantitative estimate of drug-likeness (QED) is 0.0219. The van der Waals surface area contributed by atoms with E-state index in [1.165, 1.54) is 60.8 Å². The van der Waals surface area contributed by atoms with Crippen molar-refractivity contribution in [2.45, 2.75) is 327 Å². The molecule has 0 bridgehead atoms. The standard InChI is InChI=1S/C104H154N18O22S.CH4/c1-11-13-33-85-98(138)111-77(46-62(3)4)96(136)116-82(94(134)108-44-28-22-20-18-16-15-17-19-21-23-37-90(128)129)61-145-60-72(125)49-66(48-65-38-40-70(123)41-39-65)100(140)117(8)64(7)92(132)113-81(54-89(107)127)102(142)121-45-29-36-84(121)88(126)52-67(55-106)93(133)114-79(47-63(5)6)103(143)122-58-71(124)53-87(122)99(139)112-78(50-68-56-109-75-32-26-24-30-73(68)75)97(137)110-76(42-43-105)95(135)115-80(101(141)119(10)86(34-14-12-2)104(144)118(85)9)51-69-57-120(59-91(130)131)83-35-27-25-31-74(69)83;/h24-27,30-32,35,38-41,56-57,62-64,66-67,71,76-82,84-87,109,123-124H,11-23,28-29,33-34,36-37,42-55,58-61,105-106H2,1-10H3,(H2,107,127)(H,108,134)(H,110,137)(H,111,138)(H,112,139)(H,113,132)(H,114,133)(H,115,135)(H,116,136)(H,128,129)(H,130,131);1H4/t64-,66+,67-,71+,76-,77-,78-,79-,80-,81-,82-,84-,85-,86-,87-;/m0./s1. The second kappa shape index (κ2) is 60.0. The lowest BCUT2D eigenvalue weighted by Crippen LogP contribution is -2.61. The number of phenols is 1. The number of aliphatic carboxylic acids is 2. The van der Waals surface area contributed by atoms with E-state index < -0.39 is 236 Å². The lowest BCUT2D eigenvalue weighted by atomic mass is 9.92. The zero-order valence-electron chi connectivity index (χ0n) is 85.5. The Morgan fingerprint density at radius 1 is 0.534 bits per heavy atom. The Morgan fingerprint density at radius 2 is 1.10 bits per heavy atom. The van der Waals surface area contributed by atoms with E-state index in [9.17, 15) is 58.5 Å². The van der Waals surface area contributed by atoms with Gasteiger partial charge in [-0.3, -0.25) is 86.3 Å². The van der Waals surface area contributed by atoms with Crippen LogP contribution in [0.4, 0.5) is 0 Å². The highest BCUT2D eigenvalue weighted by molar-refractivity contribution is 8.00. The highest BCUT2D eigenvalue weighted by Gasteiger charge is 2.47. The molecule has 41 heteroatoms. The molecule has 3 fully saturated rings. The number of ketones is 2. The highest BCUT2D eigenvalue weighted by Crippen LogP contribution is 2.31. The van der Waals surface area contributed by atoms with Crippen molar-refractivity contribution in [3.05, 3.63) is 102 Å². The number of aromatic nitrogens is 2. The molecule has 40 nitrogen and oxygen atoms in total. The van der Waals surface area contributed by atoms with Crippen LogP contribution in [0.5, 0.6) is 5.75 Å². The molecular weight excluding hydrogens is 1900 g/mol. The fourth-order valence-electron chi connectivity index (χ4n) is 19.2. The number of aromatic hydroxyl groups is 1. The van der Waals surface area contributed by atoms with Crippen LogP contribution in [0.25, 0.3) is 21.8 Å². The molecule has 0 radical (unpaired) electrons. The number of thioether (sulfide) groups is 1. The number of carboxylic acids is 2. The number of primary amides is 1. The van der Waals surface area contributed by atoms with E-state index in [4.69, 9.17) is 22.3 Å². The molecule has 5 aromatic rings. The zero-order chi connectivity index (χ0) is 106. The number of likely N-dealkylation sites (N-methyl/N-ethyl adjacent to an activating group) is 3. The van der Waals surface area contributed by atoms with E-state index >= 15 is 43.2 Å². The van der Waals surface area contributed by atoms with Crippen LogP contribution in [0.1, 0.15) is 240 Å². The van der Waals surface area contributed by atoms with Gasteiger partial charge in [0, 0.05) is 132 Å². The molecule has 0 unspecified atom stereocenters. The molecule has 14 amide bonds. The number of aromatic amines is 1. The van der Waals surface area contributed by atoms with Gasteiger partial charge in [-0.2, -0.15) is 11.8 Å². The number of carbonyl (C=O) groups is 18. The second-order valence-corrected chi connectivity index (χ2v) is 40.8. The highest BCUT2D eigenvalue weighted by atomic mass is 32.2. The first-order chi connectivity index (χ1) is 69.1. The number of carboxylic acid groups (broad SMARTS) is 2. The number of benzene rings is 3. The molecule has 0 spiro atoms. The van der Waals surface area contributed by atoms with Crippen LogP contribution in [-0.4, -0.2) is 305 Å². The van der Waals surface area contributed by atoms with Crippen molar-refractivity contribution in [3.63, 3.8) is 0 Å². The first-order valence-electron chi connectivity index (χ1n) is 51.2. The number of aliphatic hydroxyl groups is 1. The molecule has 0 aliphatic carbocycles. The van der Waals surface area contributed by atoms with Gasteiger partial charge in [-0.25, -0.2) is 0 Å². The first-order valence-corrected chi connectivity index (χ1v) is 52.4. The lowest BCUT2D eigenvalue weighted by molar-refractivity contribution is -0.149. The van der Waals surface area contributed by atoms with E-state index in [1.54, 1.807) is 80.7 Å². The fraction of sp³-hybridized carbons (Fsp3) is 0.619. The van der Waals surface area contributed by atoms with Crippen molar-refractivity contribution in [3.8, 4) is 5.75 Å². The molecule has 15 atom stereocenters. The number of H-pyrrole nitrogens is 1. The maximum absolute atomic E-state index is 16.1. The molecule has 3 aromatic carbocycles. The van der Waals surface area contributed by atoms with Gasteiger partial charge in [-0.15, -0.1) is 0 Å². The molecule has 2 aromatic heterocycles. The Hall–Kier alpha value is -12.4. The Kier molecular flexibility index (Phi) is 49.6. The molecule has 146 heavy (non-hydrogen) atoms. The second-order valence-electron chi connectivity index (χ2n) is 39.7. The number of nitrogens with one attached hydrogen (secondary N) is 9. The van der Waals surface area contributed by atoms with Crippen molar-refractivity contribution in [1.29, 1.82) is 0 Å². The van der Waals surface area contributed by atoms with E-state index in [2.05, 4.69) is 47.5 Å². The third kappa shape index (κ3) is 36.0. The summed E-state index contributed by atoms with van der Waals surface area (Å²) in [5.41, 5.74) is 20.8. The average molecular weight is 2060 g/mol. The number of hydrogen-bond donors (Lipinski definition) is 16. The number of para-hydroxylation sites is 2. The summed E-state index contributed by atoms with van der Waals surface area (Å²) in [6.07, 6.45) is 9.15. The lowest BCUT2D eigenvalue weighted by Gasteiger charge is -2.36. The van der Waals surface area contributed by atoms with Crippen molar-refractivity contribution in [1.82, 2.24) is 76.6 Å². The first kappa shape index (κ1) is 121. The fourth-order valence-corrected chi connectivity index (χ4v) is 20.1. The molecule has 19 N–H and O–H groups in total. The van der Waals surface area contributed by atoms with Gasteiger partial charge in [0.05, 0.1) is 30.2 Å². The number of nitrogens with two attached hydrogens (primary N) is 3. The molecule has 806 valence electrons. The Bertz CT molecular complexity index is 5260. The molecular formula is C105H158N18O22S. The number of Topliss-reactive ketones (excluding diaryl/α,β-unsaturated/α-hetero) is 2. The number of hydrogen-bond acceptors (Lipinski definition) is 23. The van der Waals surface area contributed by atoms with Crippen molar-refractivity contribution in [2.24, 2.45) is 40.9 Å². The SMILES string of the molecule is C.CCCC[C@H]1C(=O)N(C)[C@@H](CCCC)C(=O)N[C@@H](CC(C)C)C(=O)N[C@H](C(=O)NCCCCCCCCCCCCC(=O)O)CSCC(=O)C[C@@H](Cc2ccc(O)cc2)C(=O)N(C)[C@@H](C)C(=O)N[C@@H](CC(N)=O)C(=O)N2CCC[C@H]2C(=O)C[C@@H](CN)C(=O)N[C@@H](CC(C)C)C(=O)N2C[C@H](O)C[C@H]2C(=O)N[C@@H](Cc2c[nH]c3ccccc23)C(=O)N[C@@H](CCN)C(=O)N[C@@H](Cc2cn(CC(=O)O)c3ccccc23)C(=O)N1C. The minimum absolute atomic E-state index is 0. The van der Waals surface area contributed by atoms with Crippen molar-refractivity contribution >= 4 is 140 Å². The van der Waals surface area contributed by atoms with E-state index in [0.29, 0.717) is 77.0 Å². The van der Waals surface area contributed by atoms with Gasteiger partial charge in [0.25, 0.3) is 0 Å². The monoisotopic (exact) mass is 2060 g/mol. The summed E-state index contributed by atoms with van der Waals surface area (Å²) in [6, 6.07) is 2.09. The van der Waals surface area contributed by atoms with Gasteiger partial charge in [-0.05, 0) is 130 Å². The topological polar surface area (TPSA) is 599 Å². The smallest absolute Gasteiger partial charge is 0.323 e. The summed E-state index contributed by atoms with van der Waals surface area (Å²) in [4.78, 5) is 273. The van der Waals surface area contributed by atoms with Crippen LogP contribution in [0.15, 0.2) is 85.2 Å². The summed E-state index contributed by atoms with van der Waals surface area (Å²) in [6.45, 7) is 10.7. The van der Waals surface area contributed by atoms with Gasteiger partial charge >= 0.3 is 11.9 Å². The van der Waals surface area contributed by atoms with Crippen LogP contribution in [0, 0.1) is 23.7 Å². The number of rotatable bonds is 37. The van der Waals surface area contributed by atoms with Gasteiger partial charge in [-0.1, -0.05) is 175 Å². The molecule has 0 saturated carbocycles. The predicted molar refractivity (Wildman–Crippen MR) is 553 cm³/mol. The Morgan fingerprint density at radius 3 is 1.73 bits per heavy atom. The third-order valence-corrected chi connectivity index (χ3v) is 28.4. The average Bonchev–Trinajstić information content (AvgIpc) is 1.61. The molecule has 3 saturated heterocycles. The minimum Gasteiger partial charge on any atom is -0.508 e. The summed E-state index contributed by atoms with van der Waals surface area (Å²) in [7, 11) is 4.07. The number of unbranched alkanes of at least 4 members (excludes halogenated alkanes) is 11. The van der Waals surface area contributed by atoms with Gasteiger partial charge in [0.1, 0.15) is 84.5 Å². The summed E-state index contributed by atoms with van der Waals surface area (Å²) in [5.74, 6) is -19.0. The molecule has 5 heterocycles. The van der Waals surface area contributed by atoms with Gasteiger partial charge in [0.15, 0.2) is 5.78 Å². The molecule has 3 aliphatic rings. The number of amides is 14. The normalized spacial score (nSPS) is 23.9. The van der Waals surface area contributed by atoms with Crippen molar-refractivity contribution in [2.75, 3.05) is 65.4 Å². The maximum atomic E-state index is 16.1. The van der Waals surface area contributed by atoms with E-state index in [-0.39, 0.29) is 133 Å². The zero-order valence-corrected chi connectivity index (χ0v) is 86.3. The summed E-state index contributed by atoms with van der Waals surface area (Å²) >= 11 is 0.969. The summed E-state index contributed by atoms with van der Waals surface area (Å²) in [5, 5.41) is 64.6. The summed E-state index contributed by atoms with van der Waals surface area (Å²) < 4.78 is 1.46. The van der Waals surface area contributed by atoms with E-state index in [0.717, 1.165) is 77.8 Å². The van der Waals surface area contributed by atoms with Crippen LogP contribution in [0.2, 0.25) is 0 Å². The number of fused-ring (bicyclic) bond motifs is 4. The number of nitrogens with zero attached hydrogens (tertiary/aromatic N) is 6. The predicted octanol–water partition coefficient (Wildman–Crippen LogP) is 5.47. The molecule has 8 rings (SSSR count). The number of aliphatic hydroxyl groups excluding tert-OH is 1. The third-order valence-electron chi connectivity index (χ3n) is 27.3. The van der Waals surface area contributed by atoms with Crippen LogP contribution < -0.4 is 59.7 Å². The van der Waals surface area contributed by atoms with Gasteiger partial charge in [0.2, 0.25) is 82.7 Å². The number of phenolic OH excluding ortho intramolecular Hbond substituents is 1. The van der Waals surface area contributed by atoms with Crippen LogP contribution >= 0.6 is 11.8 Å². The Balaban J connectivity index is 0.0000289. The Labute approximate surface area is 859 Å².